The van der Waals surface area contributed by atoms with Gasteiger partial charge in [-0.05, 0) is 30.0 Å². The third-order valence-electron chi connectivity index (χ3n) is 3.13. The molecule has 2 aromatic carbocycles. The third-order valence-corrected chi connectivity index (χ3v) is 3.77. The summed E-state index contributed by atoms with van der Waals surface area (Å²) in [6.45, 7) is 0. The van der Waals surface area contributed by atoms with Crippen LogP contribution in [0.25, 0.3) is 6.08 Å². The van der Waals surface area contributed by atoms with Crippen molar-refractivity contribution in [3.63, 3.8) is 0 Å². The number of amides is 1. The Morgan fingerprint density at radius 2 is 1.62 bits per heavy atom. The molecule has 0 unspecified atom stereocenters. The molecular formula is C17H14N2OS. The molecule has 0 saturated heterocycles. The molecule has 1 aliphatic rings. The lowest BCUT2D eigenvalue weighted by atomic mass is 10.2. The van der Waals surface area contributed by atoms with E-state index in [0.29, 0.717) is 10.9 Å². The molecule has 0 aromatic heterocycles. The van der Waals surface area contributed by atoms with Crippen molar-refractivity contribution in [1.29, 1.82) is 0 Å². The van der Waals surface area contributed by atoms with E-state index in [1.54, 1.807) is 4.90 Å². The van der Waals surface area contributed by atoms with Crippen LogP contribution in [0.1, 0.15) is 5.56 Å². The molecule has 21 heavy (non-hydrogen) atoms. The first kappa shape index (κ1) is 13.6. The van der Waals surface area contributed by atoms with E-state index < -0.39 is 0 Å². The van der Waals surface area contributed by atoms with E-state index in [4.69, 9.17) is 0 Å². The van der Waals surface area contributed by atoms with Crippen LogP contribution in [0.4, 0.5) is 5.69 Å². The summed E-state index contributed by atoms with van der Waals surface area (Å²) < 4.78 is 0. The largest absolute Gasteiger partial charge is 0.283 e. The Kier molecular flexibility index (Phi) is 3.88. The van der Waals surface area contributed by atoms with Crippen molar-refractivity contribution in [1.82, 2.24) is 0 Å². The Labute approximate surface area is 128 Å². The molecule has 0 spiro atoms. The summed E-state index contributed by atoms with van der Waals surface area (Å²) in [6.07, 6.45) is 3.75. The van der Waals surface area contributed by atoms with Gasteiger partial charge in [-0.1, -0.05) is 60.3 Å². The van der Waals surface area contributed by atoms with E-state index in [-0.39, 0.29) is 5.91 Å². The fourth-order valence-corrected chi connectivity index (χ4v) is 2.71. The molecule has 0 N–H and O–H groups in total. The summed E-state index contributed by atoms with van der Waals surface area (Å²) in [5.41, 5.74) is 2.28. The Morgan fingerprint density at radius 3 is 2.24 bits per heavy atom. The van der Waals surface area contributed by atoms with Crippen LogP contribution in [-0.4, -0.2) is 17.3 Å². The average Bonchev–Trinajstić information content (AvgIpc) is 2.85. The van der Waals surface area contributed by atoms with Gasteiger partial charge in [-0.2, -0.15) is 0 Å². The number of aliphatic imine (C=N–C) groups is 1. The van der Waals surface area contributed by atoms with Gasteiger partial charge in [0.15, 0.2) is 5.17 Å². The van der Waals surface area contributed by atoms with Crippen molar-refractivity contribution in [2.75, 3.05) is 11.2 Å². The smallest absolute Gasteiger partial charge is 0.266 e. The normalized spacial score (nSPS) is 16.4. The van der Waals surface area contributed by atoms with Gasteiger partial charge >= 0.3 is 0 Å². The predicted octanol–water partition coefficient (Wildman–Crippen LogP) is 3.79. The van der Waals surface area contributed by atoms with Crippen molar-refractivity contribution in [2.24, 2.45) is 4.99 Å². The lowest BCUT2D eigenvalue weighted by molar-refractivity contribution is -0.113. The molecule has 0 atom stereocenters. The molecule has 104 valence electrons. The van der Waals surface area contributed by atoms with Crippen molar-refractivity contribution in [3.05, 3.63) is 71.9 Å². The van der Waals surface area contributed by atoms with E-state index >= 15 is 0 Å². The summed E-state index contributed by atoms with van der Waals surface area (Å²) in [6, 6.07) is 19.3. The second kappa shape index (κ2) is 5.97. The number of carbonyl (C=O) groups excluding carboxylic acids is 1. The molecule has 1 aliphatic heterocycles. The highest BCUT2D eigenvalue weighted by Crippen LogP contribution is 2.28. The van der Waals surface area contributed by atoms with Crippen molar-refractivity contribution in [2.45, 2.75) is 0 Å². The van der Waals surface area contributed by atoms with Gasteiger partial charge in [0.1, 0.15) is 5.70 Å². The van der Waals surface area contributed by atoms with Gasteiger partial charge < -0.3 is 0 Å². The Hall–Kier alpha value is -2.33. The first-order valence-corrected chi connectivity index (χ1v) is 7.81. The number of benzene rings is 2. The number of thioether (sulfide) groups is 1. The van der Waals surface area contributed by atoms with Gasteiger partial charge in [0.25, 0.3) is 5.91 Å². The average molecular weight is 294 g/mol. The highest BCUT2D eigenvalue weighted by atomic mass is 32.2. The van der Waals surface area contributed by atoms with Gasteiger partial charge in [-0.15, -0.1) is 0 Å². The number of anilines is 1. The summed E-state index contributed by atoms with van der Waals surface area (Å²) in [4.78, 5) is 18.7. The van der Waals surface area contributed by atoms with E-state index in [2.05, 4.69) is 4.99 Å². The minimum Gasteiger partial charge on any atom is -0.266 e. The number of amidine groups is 1. The van der Waals surface area contributed by atoms with Crippen molar-refractivity contribution >= 4 is 34.6 Å². The number of rotatable bonds is 2. The Balaban J connectivity index is 1.98. The summed E-state index contributed by atoms with van der Waals surface area (Å²) in [5.74, 6) is -0.0885. The van der Waals surface area contributed by atoms with E-state index in [9.17, 15) is 4.79 Å². The Morgan fingerprint density at radius 1 is 1.00 bits per heavy atom. The van der Waals surface area contributed by atoms with Gasteiger partial charge in [0.2, 0.25) is 0 Å². The van der Waals surface area contributed by atoms with Crippen molar-refractivity contribution in [3.8, 4) is 0 Å². The van der Waals surface area contributed by atoms with E-state index in [1.165, 1.54) is 11.8 Å². The number of nitrogens with zero attached hydrogens (tertiary/aromatic N) is 2. The molecule has 3 nitrogen and oxygen atoms in total. The Bertz CT molecular complexity index is 708. The molecule has 1 heterocycles. The monoisotopic (exact) mass is 294 g/mol. The topological polar surface area (TPSA) is 32.7 Å². The zero-order valence-electron chi connectivity index (χ0n) is 11.6. The van der Waals surface area contributed by atoms with E-state index in [0.717, 1.165) is 11.3 Å². The second-order valence-electron chi connectivity index (χ2n) is 4.51. The van der Waals surface area contributed by atoms with Gasteiger partial charge in [-0.3, -0.25) is 9.69 Å². The maximum Gasteiger partial charge on any atom is 0.283 e. The SMILES string of the molecule is CSC1=N/C(=C\c2ccccc2)C(=O)N1c1ccccc1. The minimum atomic E-state index is -0.0885. The van der Waals surface area contributed by atoms with Crippen LogP contribution in [-0.2, 0) is 4.79 Å². The van der Waals surface area contributed by atoms with Crippen LogP contribution >= 0.6 is 11.8 Å². The quantitative estimate of drug-likeness (QED) is 0.789. The standard InChI is InChI=1S/C17H14N2OS/c1-21-17-18-15(12-13-8-4-2-5-9-13)16(20)19(17)14-10-6-3-7-11-14/h2-12H,1H3/b15-12-. The van der Waals surface area contributed by atoms with Crippen LogP contribution in [0.5, 0.6) is 0 Å². The van der Waals surface area contributed by atoms with Crippen LogP contribution in [0.15, 0.2) is 71.4 Å². The zero-order chi connectivity index (χ0) is 14.7. The van der Waals surface area contributed by atoms with Gasteiger partial charge in [-0.25, -0.2) is 4.99 Å². The molecule has 4 heteroatoms. The minimum absolute atomic E-state index is 0.0885. The van der Waals surface area contributed by atoms with Crippen LogP contribution in [0, 0.1) is 0 Å². The molecule has 0 radical (unpaired) electrons. The zero-order valence-corrected chi connectivity index (χ0v) is 12.4. The molecule has 2 aromatic rings. The lowest BCUT2D eigenvalue weighted by Gasteiger charge is -2.16. The summed E-state index contributed by atoms with van der Waals surface area (Å²) >= 11 is 1.47. The molecule has 3 rings (SSSR count). The van der Waals surface area contributed by atoms with Crippen LogP contribution in [0.2, 0.25) is 0 Å². The molecule has 0 bridgehead atoms. The molecule has 0 aliphatic carbocycles. The highest BCUT2D eigenvalue weighted by Gasteiger charge is 2.30. The number of hydrogen-bond acceptors (Lipinski definition) is 3. The fourth-order valence-electron chi connectivity index (χ4n) is 2.15. The lowest BCUT2D eigenvalue weighted by Crippen LogP contribution is -2.29. The van der Waals surface area contributed by atoms with Crippen LogP contribution in [0.3, 0.4) is 0 Å². The van der Waals surface area contributed by atoms with Gasteiger partial charge in [0.05, 0.1) is 5.69 Å². The first-order chi connectivity index (χ1) is 10.3. The maximum atomic E-state index is 12.6. The molecule has 1 amide bonds. The second-order valence-corrected chi connectivity index (χ2v) is 5.29. The molecule has 0 fully saturated rings. The maximum absolute atomic E-state index is 12.6. The van der Waals surface area contributed by atoms with Crippen LogP contribution < -0.4 is 4.90 Å². The van der Waals surface area contributed by atoms with E-state index in [1.807, 2.05) is 73.0 Å². The summed E-state index contributed by atoms with van der Waals surface area (Å²) in [5, 5.41) is 0.702. The highest BCUT2D eigenvalue weighted by molar-refractivity contribution is 8.13. The third kappa shape index (κ3) is 2.76. The fraction of sp³-hybridized carbons (Fsp3) is 0.0588. The van der Waals surface area contributed by atoms with Gasteiger partial charge in [0, 0.05) is 0 Å². The number of carbonyl (C=O) groups is 1. The predicted molar refractivity (Wildman–Crippen MR) is 89.3 cm³/mol. The number of hydrogen-bond donors (Lipinski definition) is 0. The van der Waals surface area contributed by atoms with Crippen molar-refractivity contribution < 1.29 is 4.79 Å². The number of para-hydroxylation sites is 1. The molecule has 0 saturated carbocycles. The summed E-state index contributed by atoms with van der Waals surface area (Å²) in [7, 11) is 0. The first-order valence-electron chi connectivity index (χ1n) is 6.58. The molecular weight excluding hydrogens is 280 g/mol.